The van der Waals surface area contributed by atoms with Gasteiger partial charge in [-0.1, -0.05) is 12.1 Å². The smallest absolute Gasteiger partial charge is 0.246 e. The Bertz CT molecular complexity index is 969. The van der Waals surface area contributed by atoms with Crippen LogP contribution in [-0.4, -0.2) is 20.7 Å². The number of fused-ring (bicyclic) bond motifs is 1. The molecule has 1 aliphatic rings. The number of nitrogens with one attached hydrogen (secondary N) is 1. The molecule has 1 N–H and O–H groups in total. The molecule has 1 saturated carbocycles. The molecule has 2 heterocycles. The lowest BCUT2D eigenvalue weighted by Crippen LogP contribution is -2.20. The van der Waals surface area contributed by atoms with E-state index in [-0.39, 0.29) is 12.5 Å². The molecule has 0 radical (unpaired) electrons. The molecule has 128 valence electrons. The molecule has 0 atom stereocenters. The van der Waals surface area contributed by atoms with Crippen LogP contribution in [0.5, 0.6) is 0 Å². The number of carbonyl (C=O) groups excluding carboxylic acids is 1. The highest BCUT2D eigenvalue weighted by Gasteiger charge is 2.27. The second-order valence-corrected chi connectivity index (χ2v) is 6.98. The number of hydrogen-bond donors (Lipinski definition) is 1. The topological polar surface area (TPSA) is 59.8 Å². The predicted octanol–water partition coefficient (Wildman–Crippen LogP) is 3.87. The van der Waals surface area contributed by atoms with Gasteiger partial charge in [0.15, 0.2) is 5.65 Å². The third kappa shape index (κ3) is 3.02. The molecule has 1 aliphatic carbocycles. The van der Waals surface area contributed by atoms with Gasteiger partial charge in [-0.15, -0.1) is 0 Å². The number of anilines is 1. The van der Waals surface area contributed by atoms with Gasteiger partial charge in [0.2, 0.25) is 5.91 Å². The van der Waals surface area contributed by atoms with E-state index in [9.17, 15) is 4.79 Å². The molecule has 0 saturated heterocycles. The molecule has 4 rings (SSSR count). The molecule has 1 fully saturated rings. The van der Waals surface area contributed by atoms with E-state index in [1.807, 2.05) is 45.2 Å². The first kappa shape index (κ1) is 15.8. The Morgan fingerprint density at radius 2 is 2.04 bits per heavy atom. The summed E-state index contributed by atoms with van der Waals surface area (Å²) in [6.07, 6.45) is 4.30. The highest BCUT2D eigenvalue weighted by Crippen LogP contribution is 2.43. The van der Waals surface area contributed by atoms with Crippen LogP contribution >= 0.6 is 0 Å². The fourth-order valence-electron chi connectivity index (χ4n) is 3.35. The number of rotatable bonds is 4. The molecule has 0 spiro atoms. The lowest BCUT2D eigenvalue weighted by Gasteiger charge is -2.10. The number of hydrogen-bond acceptors (Lipinski definition) is 3. The van der Waals surface area contributed by atoms with E-state index >= 15 is 0 Å². The van der Waals surface area contributed by atoms with E-state index in [1.165, 1.54) is 18.4 Å². The van der Waals surface area contributed by atoms with Crippen molar-refractivity contribution in [1.82, 2.24) is 14.8 Å². The Kier molecular flexibility index (Phi) is 3.79. The van der Waals surface area contributed by atoms with Gasteiger partial charge in [0.05, 0.1) is 5.69 Å². The van der Waals surface area contributed by atoms with Crippen LogP contribution in [0.25, 0.3) is 11.0 Å². The van der Waals surface area contributed by atoms with Gasteiger partial charge in [0.25, 0.3) is 0 Å². The van der Waals surface area contributed by atoms with Crippen LogP contribution in [0.3, 0.4) is 0 Å². The monoisotopic (exact) mass is 334 g/mol. The van der Waals surface area contributed by atoms with Gasteiger partial charge >= 0.3 is 0 Å². The number of amides is 1. The summed E-state index contributed by atoms with van der Waals surface area (Å²) in [5.41, 5.74) is 6.10. The van der Waals surface area contributed by atoms with Gasteiger partial charge in [-0.25, -0.2) is 9.67 Å². The molecule has 1 aromatic carbocycles. The first-order chi connectivity index (χ1) is 12.0. The maximum absolute atomic E-state index is 12.5. The summed E-state index contributed by atoms with van der Waals surface area (Å²) in [6, 6.07) is 8.14. The second kappa shape index (κ2) is 5.99. The number of nitrogens with zero attached hydrogens (tertiary/aromatic N) is 3. The zero-order chi connectivity index (χ0) is 17.6. The zero-order valence-electron chi connectivity index (χ0n) is 14.8. The average molecular weight is 334 g/mol. The van der Waals surface area contributed by atoms with Gasteiger partial charge < -0.3 is 5.32 Å². The predicted molar refractivity (Wildman–Crippen MR) is 98.8 cm³/mol. The fourth-order valence-corrected chi connectivity index (χ4v) is 3.35. The maximum atomic E-state index is 12.5. The van der Waals surface area contributed by atoms with Crippen molar-refractivity contribution in [2.45, 2.75) is 46.1 Å². The minimum absolute atomic E-state index is 0.0864. The zero-order valence-corrected chi connectivity index (χ0v) is 14.8. The summed E-state index contributed by atoms with van der Waals surface area (Å²) in [5, 5.41) is 8.69. The molecule has 5 nitrogen and oxygen atoms in total. The Balaban J connectivity index is 1.61. The Morgan fingerprint density at radius 1 is 1.24 bits per heavy atom. The van der Waals surface area contributed by atoms with Crippen molar-refractivity contribution in [3.63, 3.8) is 0 Å². The van der Waals surface area contributed by atoms with E-state index < -0.39 is 0 Å². The van der Waals surface area contributed by atoms with Crippen molar-refractivity contribution in [3.05, 3.63) is 52.8 Å². The van der Waals surface area contributed by atoms with Gasteiger partial charge in [-0.3, -0.25) is 4.79 Å². The summed E-state index contributed by atoms with van der Waals surface area (Å²) >= 11 is 0. The fraction of sp³-hybridized carbons (Fsp3) is 0.350. The molecule has 3 aromatic rings. The van der Waals surface area contributed by atoms with E-state index in [0.717, 1.165) is 33.5 Å². The van der Waals surface area contributed by atoms with E-state index in [4.69, 9.17) is 0 Å². The lowest BCUT2D eigenvalue weighted by molar-refractivity contribution is -0.116. The van der Waals surface area contributed by atoms with Crippen LogP contribution in [0.2, 0.25) is 0 Å². The molecule has 0 unspecified atom stereocenters. The normalized spacial score (nSPS) is 14.0. The average Bonchev–Trinajstić information content (AvgIpc) is 3.37. The van der Waals surface area contributed by atoms with Crippen molar-refractivity contribution in [1.29, 1.82) is 0 Å². The van der Waals surface area contributed by atoms with Crippen molar-refractivity contribution in [3.8, 4) is 0 Å². The molecule has 0 aliphatic heterocycles. The number of aromatic nitrogens is 3. The standard InChI is InChI=1S/C20H22N4O/c1-12-4-5-13(2)17(10-12)22-18(25)11-24-20-19(14(3)23-24)16(8-9-21-20)15-6-7-15/h4-5,8-10,15H,6-7,11H2,1-3H3,(H,22,25). The number of pyridine rings is 1. The van der Waals surface area contributed by atoms with Crippen LogP contribution in [0.15, 0.2) is 30.5 Å². The molecular formula is C20H22N4O. The van der Waals surface area contributed by atoms with Crippen LogP contribution < -0.4 is 5.32 Å². The molecule has 2 aromatic heterocycles. The highest BCUT2D eigenvalue weighted by molar-refractivity contribution is 5.92. The SMILES string of the molecule is Cc1ccc(C)c(NC(=O)Cn2nc(C)c3c(C4CC4)ccnc32)c1. The van der Waals surface area contributed by atoms with Gasteiger partial charge in [-0.2, -0.15) is 5.10 Å². The number of carbonyl (C=O) groups is 1. The van der Waals surface area contributed by atoms with E-state index in [1.54, 1.807) is 4.68 Å². The van der Waals surface area contributed by atoms with Crippen LogP contribution in [0, 0.1) is 20.8 Å². The first-order valence-electron chi connectivity index (χ1n) is 8.72. The first-order valence-corrected chi connectivity index (χ1v) is 8.72. The summed E-state index contributed by atoms with van der Waals surface area (Å²) < 4.78 is 1.72. The minimum atomic E-state index is -0.0864. The van der Waals surface area contributed by atoms with Crippen molar-refractivity contribution in [2.24, 2.45) is 0 Å². The molecule has 25 heavy (non-hydrogen) atoms. The lowest BCUT2D eigenvalue weighted by atomic mass is 10.1. The molecule has 0 bridgehead atoms. The summed E-state index contributed by atoms with van der Waals surface area (Å²) in [6.45, 7) is 6.17. The van der Waals surface area contributed by atoms with Crippen molar-refractivity contribution >= 4 is 22.6 Å². The summed E-state index contributed by atoms with van der Waals surface area (Å²) in [7, 11) is 0. The molecule has 1 amide bonds. The third-order valence-electron chi connectivity index (χ3n) is 4.82. The van der Waals surface area contributed by atoms with Crippen molar-refractivity contribution < 1.29 is 4.79 Å². The van der Waals surface area contributed by atoms with E-state index in [2.05, 4.69) is 21.5 Å². The van der Waals surface area contributed by atoms with Crippen molar-refractivity contribution in [2.75, 3.05) is 5.32 Å². The number of benzene rings is 1. The number of aryl methyl sites for hydroxylation is 3. The van der Waals surface area contributed by atoms with Crippen LogP contribution in [-0.2, 0) is 11.3 Å². The Hall–Kier alpha value is -2.69. The van der Waals surface area contributed by atoms with Gasteiger partial charge in [0, 0.05) is 17.3 Å². The van der Waals surface area contributed by atoms with Crippen LogP contribution in [0.4, 0.5) is 5.69 Å². The summed E-state index contributed by atoms with van der Waals surface area (Å²) in [4.78, 5) is 17.0. The molecule has 5 heteroatoms. The van der Waals surface area contributed by atoms with E-state index in [0.29, 0.717) is 5.92 Å². The molecular weight excluding hydrogens is 312 g/mol. The maximum Gasteiger partial charge on any atom is 0.246 e. The largest absolute Gasteiger partial charge is 0.324 e. The van der Waals surface area contributed by atoms with Crippen LogP contribution in [0.1, 0.15) is 41.1 Å². The second-order valence-electron chi connectivity index (χ2n) is 6.98. The Morgan fingerprint density at radius 3 is 2.80 bits per heavy atom. The quantitative estimate of drug-likeness (QED) is 0.788. The summed E-state index contributed by atoms with van der Waals surface area (Å²) in [5.74, 6) is 0.544. The third-order valence-corrected chi connectivity index (χ3v) is 4.82. The van der Waals surface area contributed by atoms with Gasteiger partial charge in [0.1, 0.15) is 6.54 Å². The van der Waals surface area contributed by atoms with Gasteiger partial charge in [-0.05, 0) is 68.4 Å². The Labute approximate surface area is 147 Å². The highest BCUT2D eigenvalue weighted by atomic mass is 16.2. The minimum Gasteiger partial charge on any atom is -0.324 e.